The number of aromatic amines is 1. The fourth-order valence-electron chi connectivity index (χ4n) is 2.19. The summed E-state index contributed by atoms with van der Waals surface area (Å²) in [5, 5.41) is 4.27. The number of hydrazone groups is 1. The predicted molar refractivity (Wildman–Crippen MR) is 90.5 cm³/mol. The second-order valence-electron chi connectivity index (χ2n) is 5.26. The van der Waals surface area contributed by atoms with Gasteiger partial charge in [-0.1, -0.05) is 43.7 Å². The first-order valence-corrected chi connectivity index (χ1v) is 7.57. The first-order chi connectivity index (χ1) is 10.6. The van der Waals surface area contributed by atoms with Crippen LogP contribution in [-0.2, 0) is 6.42 Å². The molecule has 0 spiro atoms. The quantitative estimate of drug-likeness (QED) is 0.635. The summed E-state index contributed by atoms with van der Waals surface area (Å²) >= 11 is 0. The van der Waals surface area contributed by atoms with Crippen LogP contribution in [0.25, 0.3) is 0 Å². The molecule has 0 aliphatic rings. The second-order valence-corrected chi connectivity index (χ2v) is 5.26. The molecule has 0 amide bonds. The molecule has 0 unspecified atom stereocenters. The fraction of sp³-hybridized carbons (Fsp3) is 0.353. The number of anilines is 1. The van der Waals surface area contributed by atoms with E-state index in [0.717, 1.165) is 41.8 Å². The Kier molecular flexibility index (Phi) is 5.47. The van der Waals surface area contributed by atoms with Crippen molar-refractivity contribution in [2.24, 2.45) is 5.10 Å². The van der Waals surface area contributed by atoms with Gasteiger partial charge in [0.05, 0.1) is 5.71 Å². The Balaban J connectivity index is 2.16. The molecule has 0 aliphatic carbocycles. The Hall–Kier alpha value is -2.43. The largest absolute Gasteiger partial charge is 0.291 e. The smallest absolute Gasteiger partial charge is 0.255 e. The van der Waals surface area contributed by atoms with Crippen molar-refractivity contribution in [3.8, 4) is 0 Å². The lowest BCUT2D eigenvalue weighted by Gasteiger charge is -2.07. The van der Waals surface area contributed by atoms with Crippen molar-refractivity contribution in [2.75, 3.05) is 5.43 Å². The van der Waals surface area contributed by atoms with Gasteiger partial charge in [0.2, 0.25) is 5.95 Å². The zero-order valence-corrected chi connectivity index (χ0v) is 13.3. The van der Waals surface area contributed by atoms with Crippen LogP contribution in [0.2, 0.25) is 0 Å². The highest BCUT2D eigenvalue weighted by Gasteiger charge is 2.07. The minimum absolute atomic E-state index is 0.0870. The summed E-state index contributed by atoms with van der Waals surface area (Å²) in [6.07, 6.45) is 2.81. The first kappa shape index (κ1) is 15.9. The van der Waals surface area contributed by atoms with E-state index in [1.54, 1.807) is 0 Å². The highest BCUT2D eigenvalue weighted by atomic mass is 16.1. The zero-order valence-electron chi connectivity index (χ0n) is 13.3. The number of rotatable bonds is 6. The van der Waals surface area contributed by atoms with Crippen LogP contribution in [0.1, 0.15) is 43.5 Å². The van der Waals surface area contributed by atoms with E-state index in [-0.39, 0.29) is 5.56 Å². The van der Waals surface area contributed by atoms with E-state index in [1.807, 2.05) is 44.2 Å². The van der Waals surface area contributed by atoms with Crippen molar-refractivity contribution >= 4 is 11.7 Å². The molecule has 0 atom stereocenters. The normalized spacial score (nSPS) is 11.5. The van der Waals surface area contributed by atoms with Crippen LogP contribution < -0.4 is 11.0 Å². The first-order valence-electron chi connectivity index (χ1n) is 7.57. The lowest BCUT2D eigenvalue weighted by Crippen LogP contribution is -2.18. The summed E-state index contributed by atoms with van der Waals surface area (Å²) in [4.78, 5) is 19.2. The zero-order chi connectivity index (χ0) is 15.9. The third-order valence-corrected chi connectivity index (χ3v) is 3.52. The van der Waals surface area contributed by atoms with E-state index < -0.39 is 0 Å². The van der Waals surface area contributed by atoms with Gasteiger partial charge in [-0.05, 0) is 32.3 Å². The minimum atomic E-state index is -0.0870. The summed E-state index contributed by atoms with van der Waals surface area (Å²) in [5.74, 6) is 0.373. The van der Waals surface area contributed by atoms with Crippen LogP contribution in [0.4, 0.5) is 5.95 Å². The van der Waals surface area contributed by atoms with Gasteiger partial charge in [-0.2, -0.15) is 5.10 Å². The number of nitrogens with one attached hydrogen (secondary N) is 2. The molecule has 116 valence electrons. The molecule has 0 saturated heterocycles. The van der Waals surface area contributed by atoms with Gasteiger partial charge in [0.15, 0.2) is 0 Å². The van der Waals surface area contributed by atoms with Crippen LogP contribution in [-0.4, -0.2) is 15.7 Å². The maximum atomic E-state index is 12.1. The van der Waals surface area contributed by atoms with E-state index in [1.165, 1.54) is 0 Å². The maximum Gasteiger partial charge on any atom is 0.255 e. The topological polar surface area (TPSA) is 70.1 Å². The average Bonchev–Trinajstić information content (AvgIpc) is 2.52. The maximum absolute atomic E-state index is 12.1. The highest BCUT2D eigenvalue weighted by Crippen LogP contribution is 2.07. The third-order valence-electron chi connectivity index (χ3n) is 3.52. The molecule has 2 N–H and O–H groups in total. The highest BCUT2D eigenvalue weighted by molar-refractivity contribution is 5.98. The molecule has 1 aromatic heterocycles. The Morgan fingerprint density at radius 1 is 1.32 bits per heavy atom. The van der Waals surface area contributed by atoms with Gasteiger partial charge in [0.25, 0.3) is 5.56 Å². The molecule has 22 heavy (non-hydrogen) atoms. The van der Waals surface area contributed by atoms with Crippen molar-refractivity contribution in [3.05, 3.63) is 57.5 Å². The number of nitrogens with zero attached hydrogens (tertiary/aromatic N) is 2. The van der Waals surface area contributed by atoms with Gasteiger partial charge in [0, 0.05) is 11.3 Å². The molecule has 5 nitrogen and oxygen atoms in total. The SMILES string of the molecule is CCCCc1c(C)nc(N/N=C(/C)c2ccccc2)[nH]c1=O. The number of hydrogen-bond acceptors (Lipinski definition) is 4. The van der Waals surface area contributed by atoms with E-state index >= 15 is 0 Å². The molecule has 0 aliphatic heterocycles. The number of aromatic nitrogens is 2. The van der Waals surface area contributed by atoms with Crippen LogP contribution in [0, 0.1) is 6.92 Å². The van der Waals surface area contributed by atoms with Crippen LogP contribution in [0.3, 0.4) is 0 Å². The number of benzene rings is 1. The Morgan fingerprint density at radius 2 is 2.05 bits per heavy atom. The molecule has 1 heterocycles. The molecule has 2 aromatic rings. The molecule has 5 heteroatoms. The van der Waals surface area contributed by atoms with Crippen molar-refractivity contribution in [1.29, 1.82) is 0 Å². The summed E-state index contributed by atoms with van der Waals surface area (Å²) in [6.45, 7) is 5.87. The average molecular weight is 298 g/mol. The number of unbranched alkanes of at least 4 members (excludes halogenated alkanes) is 1. The molecule has 2 rings (SSSR count). The fourth-order valence-corrected chi connectivity index (χ4v) is 2.19. The van der Waals surface area contributed by atoms with Gasteiger partial charge in [-0.25, -0.2) is 10.4 Å². The van der Waals surface area contributed by atoms with Gasteiger partial charge >= 0.3 is 0 Å². The second kappa shape index (κ2) is 7.54. The lowest BCUT2D eigenvalue weighted by molar-refractivity contribution is 0.774. The van der Waals surface area contributed by atoms with Crippen molar-refractivity contribution in [2.45, 2.75) is 40.0 Å². The van der Waals surface area contributed by atoms with Gasteiger partial charge < -0.3 is 0 Å². The molecular formula is C17H22N4O. The van der Waals surface area contributed by atoms with Gasteiger partial charge in [-0.15, -0.1) is 0 Å². The van der Waals surface area contributed by atoms with E-state index in [0.29, 0.717) is 5.95 Å². The van der Waals surface area contributed by atoms with Crippen LogP contribution in [0.5, 0.6) is 0 Å². The monoisotopic (exact) mass is 298 g/mol. The Bertz CT molecular complexity index is 704. The van der Waals surface area contributed by atoms with Crippen molar-refractivity contribution < 1.29 is 0 Å². The number of hydrogen-bond donors (Lipinski definition) is 2. The molecular weight excluding hydrogens is 276 g/mol. The number of aryl methyl sites for hydroxylation is 1. The standard InChI is InChI=1S/C17H22N4O/c1-4-5-11-15-13(3)18-17(19-16(15)22)21-20-12(2)14-9-7-6-8-10-14/h6-10H,4-5,11H2,1-3H3,(H2,18,19,21,22)/b20-12-. The summed E-state index contributed by atoms with van der Waals surface area (Å²) in [7, 11) is 0. The van der Waals surface area contributed by atoms with Crippen LogP contribution in [0.15, 0.2) is 40.2 Å². The number of H-pyrrole nitrogens is 1. The summed E-state index contributed by atoms with van der Waals surface area (Å²) in [6, 6.07) is 9.84. The summed E-state index contributed by atoms with van der Waals surface area (Å²) < 4.78 is 0. The predicted octanol–water partition coefficient (Wildman–Crippen LogP) is 3.26. The Morgan fingerprint density at radius 3 is 2.68 bits per heavy atom. The van der Waals surface area contributed by atoms with Crippen LogP contribution >= 0.6 is 0 Å². The van der Waals surface area contributed by atoms with Gasteiger partial charge in [-0.3, -0.25) is 9.78 Å². The van der Waals surface area contributed by atoms with Crippen molar-refractivity contribution in [1.82, 2.24) is 9.97 Å². The third kappa shape index (κ3) is 4.04. The van der Waals surface area contributed by atoms with E-state index in [2.05, 4.69) is 27.4 Å². The molecule has 0 bridgehead atoms. The molecule has 1 aromatic carbocycles. The summed E-state index contributed by atoms with van der Waals surface area (Å²) in [5.41, 5.74) is 6.11. The van der Waals surface area contributed by atoms with E-state index in [9.17, 15) is 4.79 Å². The van der Waals surface area contributed by atoms with Gasteiger partial charge in [0.1, 0.15) is 0 Å². The molecule has 0 saturated carbocycles. The van der Waals surface area contributed by atoms with E-state index in [4.69, 9.17) is 0 Å². The lowest BCUT2D eigenvalue weighted by atomic mass is 10.1. The minimum Gasteiger partial charge on any atom is -0.291 e. The Labute approximate surface area is 130 Å². The molecule has 0 fully saturated rings. The molecule has 0 radical (unpaired) electrons. The van der Waals surface area contributed by atoms with Crippen molar-refractivity contribution in [3.63, 3.8) is 0 Å².